The van der Waals surface area contributed by atoms with Gasteiger partial charge in [0.25, 0.3) is 5.91 Å². The number of benzene rings is 3. The Morgan fingerprint density at radius 2 is 1.51 bits per heavy atom. The Hall–Kier alpha value is -5.64. The van der Waals surface area contributed by atoms with Gasteiger partial charge in [-0.2, -0.15) is 0 Å². The fourth-order valence-electron chi connectivity index (χ4n) is 9.21. The number of hydrogen-bond acceptors (Lipinski definition) is 9. The lowest BCUT2D eigenvalue weighted by atomic mass is 9.85. The van der Waals surface area contributed by atoms with Crippen molar-refractivity contribution in [3.8, 4) is 11.1 Å². The van der Waals surface area contributed by atoms with E-state index in [1.165, 1.54) is 23.4 Å². The second kappa shape index (κ2) is 19.8. The Morgan fingerprint density at radius 3 is 2.15 bits per heavy atom. The molecule has 13 nitrogen and oxygen atoms in total. The molecule has 1 atom stereocenters. The first kappa shape index (κ1) is 45.9. The highest BCUT2D eigenvalue weighted by molar-refractivity contribution is 6.30. The number of nitrogens with one attached hydrogen (secondary N) is 3. The maximum absolute atomic E-state index is 15.2. The molecule has 5 heterocycles. The monoisotopic (exact) mass is 910 g/mol. The number of aromatic amines is 1. The number of fused-ring (bicyclic) bond motifs is 1. The second-order valence-electron chi connectivity index (χ2n) is 18.3. The van der Waals surface area contributed by atoms with E-state index in [0.29, 0.717) is 81.0 Å². The van der Waals surface area contributed by atoms with E-state index in [4.69, 9.17) is 21.1 Å². The van der Waals surface area contributed by atoms with Crippen LogP contribution in [-0.2, 0) is 14.3 Å². The van der Waals surface area contributed by atoms with E-state index in [2.05, 4.69) is 35.4 Å². The van der Waals surface area contributed by atoms with E-state index in [9.17, 15) is 14.4 Å². The van der Waals surface area contributed by atoms with Gasteiger partial charge in [0.05, 0.1) is 23.6 Å². The molecule has 3 saturated heterocycles. The van der Waals surface area contributed by atoms with Crippen LogP contribution in [0.4, 0.5) is 19.4 Å². The van der Waals surface area contributed by atoms with Gasteiger partial charge >= 0.3 is 6.09 Å². The quantitative estimate of drug-likeness (QED) is 0.112. The van der Waals surface area contributed by atoms with Crippen LogP contribution in [0.15, 0.2) is 85.3 Å². The number of anilines is 1. The molecular weight excluding hydrogens is 854 g/mol. The van der Waals surface area contributed by atoms with Gasteiger partial charge in [0.15, 0.2) is 0 Å². The summed E-state index contributed by atoms with van der Waals surface area (Å²) in [6.45, 7) is 9.32. The lowest BCUT2D eigenvalue weighted by Crippen LogP contribution is -2.64. The van der Waals surface area contributed by atoms with Crippen molar-refractivity contribution >= 4 is 46.4 Å². The van der Waals surface area contributed by atoms with Gasteiger partial charge < -0.3 is 39.8 Å². The van der Waals surface area contributed by atoms with Crippen molar-refractivity contribution in [2.45, 2.75) is 95.1 Å². The average Bonchev–Trinajstić information content (AvgIpc) is 3.78. The number of likely N-dealkylation sites (tertiary alicyclic amines) is 2. The topological polar surface area (TPSA) is 145 Å². The van der Waals surface area contributed by atoms with Crippen molar-refractivity contribution in [2.75, 3.05) is 50.7 Å². The number of carbonyl (C=O) groups excluding carboxylic acids is 3. The van der Waals surface area contributed by atoms with E-state index in [0.717, 1.165) is 48.3 Å². The Morgan fingerprint density at radius 1 is 0.862 bits per heavy atom. The van der Waals surface area contributed by atoms with Crippen LogP contribution in [0, 0.1) is 11.6 Å². The zero-order valence-electron chi connectivity index (χ0n) is 37.1. The standard InChI is InChI=1S/C49H57ClF2N8O5/c1-48(2,3)65-47(63)57-49(19-27-59(28-20-49)44-38-13-21-53-43(38)54-31-55-44)46(62)56-41(33-9-11-35(50)12-10-33)18-24-58-22-14-36(15-23-58)64-37-16-25-60(26-17-37)45(61)42-39(51)29-34(30-40(42)52)32-7-5-4-6-8-32/h4-13,21,29-31,36-37,41H,14-20,22-28H2,1-3H3,(H,56,62)(H,57,63)(H,53,54,55)/t41-/m0/s1. The fraction of sp³-hybridized carbons (Fsp3) is 0.449. The number of amides is 3. The average molecular weight is 911 g/mol. The van der Waals surface area contributed by atoms with Crippen LogP contribution in [0.1, 0.15) is 87.7 Å². The molecule has 3 aromatic carbocycles. The number of halogens is 3. The van der Waals surface area contributed by atoms with Crippen LogP contribution in [0.5, 0.6) is 0 Å². The zero-order valence-corrected chi connectivity index (χ0v) is 37.9. The molecule has 0 radical (unpaired) electrons. The number of nitrogens with zero attached hydrogens (tertiary/aromatic N) is 5. The van der Waals surface area contributed by atoms with Gasteiger partial charge in [-0.05, 0) is 113 Å². The second-order valence-corrected chi connectivity index (χ2v) is 18.8. The minimum Gasteiger partial charge on any atom is -0.444 e. The van der Waals surface area contributed by atoms with Crippen LogP contribution in [-0.4, -0.2) is 112 Å². The van der Waals surface area contributed by atoms with Crippen LogP contribution in [0.3, 0.4) is 0 Å². The molecule has 0 bridgehead atoms. The van der Waals surface area contributed by atoms with E-state index in [1.807, 2.05) is 42.6 Å². The lowest BCUT2D eigenvalue weighted by molar-refractivity contribution is -0.129. The highest BCUT2D eigenvalue weighted by atomic mass is 35.5. The molecular formula is C49H57ClF2N8O5. The molecule has 344 valence electrons. The number of rotatable bonds is 12. The predicted octanol–water partition coefficient (Wildman–Crippen LogP) is 8.45. The van der Waals surface area contributed by atoms with Crippen molar-refractivity contribution in [3.63, 3.8) is 0 Å². The van der Waals surface area contributed by atoms with Crippen molar-refractivity contribution < 1.29 is 32.6 Å². The SMILES string of the molecule is CC(C)(C)OC(=O)NC1(C(=O)N[C@@H](CCN2CCC(OC3CCN(C(=O)c4c(F)cc(-c5ccccc5)cc4F)CC3)CC2)c2ccc(Cl)cc2)CCN(c2ncnc3[nH]ccc23)CC1. The van der Waals surface area contributed by atoms with E-state index in [1.54, 1.807) is 45.0 Å². The number of alkyl carbamates (subject to hydrolysis) is 1. The number of carbonyl (C=O) groups is 3. The maximum atomic E-state index is 15.2. The van der Waals surface area contributed by atoms with Gasteiger partial charge in [-0.25, -0.2) is 23.5 Å². The predicted molar refractivity (Wildman–Crippen MR) is 246 cm³/mol. The molecule has 0 spiro atoms. The number of ether oxygens (including phenoxy) is 2. The fourth-order valence-corrected chi connectivity index (χ4v) is 9.34. The Bertz CT molecular complexity index is 2420. The largest absolute Gasteiger partial charge is 0.444 e. The molecule has 65 heavy (non-hydrogen) atoms. The zero-order chi connectivity index (χ0) is 45.7. The van der Waals surface area contributed by atoms with Crippen LogP contribution < -0.4 is 15.5 Å². The first-order chi connectivity index (χ1) is 31.2. The molecule has 2 aromatic heterocycles. The third-order valence-corrected chi connectivity index (χ3v) is 13.0. The molecule has 5 aromatic rings. The maximum Gasteiger partial charge on any atom is 0.408 e. The number of H-pyrrole nitrogens is 1. The van der Waals surface area contributed by atoms with Gasteiger partial charge in [-0.1, -0.05) is 54.1 Å². The first-order valence-corrected chi connectivity index (χ1v) is 22.9. The lowest BCUT2D eigenvalue weighted by Gasteiger charge is -2.42. The minimum absolute atomic E-state index is 0.0473. The van der Waals surface area contributed by atoms with Gasteiger partial charge in [-0.15, -0.1) is 0 Å². The molecule has 3 N–H and O–H groups in total. The summed E-state index contributed by atoms with van der Waals surface area (Å²) in [5.74, 6) is -1.89. The number of hydrogen-bond donors (Lipinski definition) is 3. The van der Waals surface area contributed by atoms with Crippen LogP contribution in [0.2, 0.25) is 5.02 Å². The van der Waals surface area contributed by atoms with E-state index in [-0.39, 0.29) is 24.2 Å². The minimum atomic E-state index is -1.24. The van der Waals surface area contributed by atoms with Crippen molar-refractivity contribution in [3.05, 3.63) is 113 Å². The summed E-state index contributed by atoms with van der Waals surface area (Å²) < 4.78 is 42.6. The Kier molecular flexibility index (Phi) is 14.0. The van der Waals surface area contributed by atoms with Crippen LogP contribution in [0.25, 0.3) is 22.2 Å². The summed E-state index contributed by atoms with van der Waals surface area (Å²) in [5, 5.41) is 7.80. The summed E-state index contributed by atoms with van der Waals surface area (Å²) in [6, 6.07) is 20.4. The number of aromatic nitrogens is 3. The van der Waals surface area contributed by atoms with Gasteiger partial charge in [0, 0.05) is 57.0 Å². The Labute approximate surface area is 383 Å². The molecule has 0 saturated carbocycles. The third kappa shape index (κ3) is 11.1. The summed E-state index contributed by atoms with van der Waals surface area (Å²) in [4.78, 5) is 59.3. The molecule has 16 heteroatoms. The molecule has 0 unspecified atom stereocenters. The highest BCUT2D eigenvalue weighted by Gasteiger charge is 2.45. The van der Waals surface area contributed by atoms with Crippen molar-refractivity contribution in [1.82, 2.24) is 35.4 Å². The third-order valence-electron chi connectivity index (χ3n) is 12.7. The smallest absolute Gasteiger partial charge is 0.408 e. The summed E-state index contributed by atoms with van der Waals surface area (Å²) >= 11 is 6.30. The van der Waals surface area contributed by atoms with Crippen molar-refractivity contribution in [2.24, 2.45) is 0 Å². The number of piperidine rings is 3. The molecule has 0 aliphatic carbocycles. The summed E-state index contributed by atoms with van der Waals surface area (Å²) in [5.41, 5.74) is 0.162. The molecule has 3 aliphatic heterocycles. The van der Waals surface area contributed by atoms with Gasteiger partial charge in [-0.3, -0.25) is 9.59 Å². The van der Waals surface area contributed by atoms with E-state index >= 15 is 8.78 Å². The molecule has 3 amide bonds. The molecule has 3 aliphatic rings. The normalized spacial score (nSPS) is 18.1. The van der Waals surface area contributed by atoms with E-state index < -0.39 is 40.3 Å². The van der Waals surface area contributed by atoms with Crippen LogP contribution >= 0.6 is 11.6 Å². The summed E-state index contributed by atoms with van der Waals surface area (Å²) in [7, 11) is 0. The summed E-state index contributed by atoms with van der Waals surface area (Å²) in [6.07, 6.45) is 6.75. The van der Waals surface area contributed by atoms with Crippen molar-refractivity contribution in [1.29, 1.82) is 0 Å². The van der Waals surface area contributed by atoms with Gasteiger partial charge in [0.1, 0.15) is 46.1 Å². The highest BCUT2D eigenvalue weighted by Crippen LogP contribution is 2.32. The molecule has 8 rings (SSSR count). The molecule has 3 fully saturated rings. The first-order valence-electron chi connectivity index (χ1n) is 22.6. The Balaban J connectivity index is 0.856. The van der Waals surface area contributed by atoms with Gasteiger partial charge in [0.2, 0.25) is 5.91 Å².